The summed E-state index contributed by atoms with van der Waals surface area (Å²) in [7, 11) is 0. The van der Waals surface area contributed by atoms with Crippen LogP contribution in [0.3, 0.4) is 0 Å². The van der Waals surface area contributed by atoms with E-state index in [1.54, 1.807) is 24.3 Å². The van der Waals surface area contributed by atoms with Crippen molar-refractivity contribution in [3.8, 4) is 5.75 Å². The molecule has 2 amide bonds. The molecule has 3 rings (SSSR count). The van der Waals surface area contributed by atoms with E-state index in [1.165, 1.54) is 18.6 Å². The molecule has 3 aromatic rings. The van der Waals surface area contributed by atoms with Gasteiger partial charge in [0.05, 0.1) is 19.3 Å². The minimum atomic E-state index is -0.687. The van der Waals surface area contributed by atoms with Crippen LogP contribution in [0.4, 0.5) is 10.5 Å². The lowest BCUT2D eigenvalue weighted by atomic mass is 10.0. The Kier molecular flexibility index (Phi) is 16.6. The van der Waals surface area contributed by atoms with Crippen LogP contribution in [0.2, 0.25) is 0 Å². The summed E-state index contributed by atoms with van der Waals surface area (Å²) in [5.41, 5.74) is 4.01. The van der Waals surface area contributed by atoms with E-state index >= 15 is 0 Å². The van der Waals surface area contributed by atoms with Gasteiger partial charge in [0.2, 0.25) is 0 Å². The van der Waals surface area contributed by atoms with E-state index in [0.29, 0.717) is 29.8 Å². The average molecular weight is 636 g/mol. The maximum Gasteiger partial charge on any atom is 0.355 e. The number of amides is 2. The molecule has 0 aromatic heterocycles. The van der Waals surface area contributed by atoms with Gasteiger partial charge < -0.3 is 35.5 Å². The van der Waals surface area contributed by atoms with E-state index in [0.717, 1.165) is 75.3 Å². The Hall–Kier alpha value is -3.96. The first-order valence-corrected chi connectivity index (χ1v) is 16.1. The van der Waals surface area contributed by atoms with Crippen molar-refractivity contribution in [2.45, 2.75) is 71.0 Å². The van der Waals surface area contributed by atoms with Gasteiger partial charge in [0.25, 0.3) is 0 Å². The molecule has 5 N–H and O–H groups in total. The number of carbonyl (C=O) groups is 2. The lowest BCUT2D eigenvalue weighted by molar-refractivity contribution is -0.172. The van der Waals surface area contributed by atoms with Crippen LogP contribution in [-0.2, 0) is 33.8 Å². The summed E-state index contributed by atoms with van der Waals surface area (Å²) in [5.74, 6) is -0.517. The van der Waals surface area contributed by atoms with Crippen molar-refractivity contribution in [1.82, 2.24) is 10.4 Å². The van der Waals surface area contributed by atoms with Gasteiger partial charge in [-0.2, -0.15) is 5.06 Å². The van der Waals surface area contributed by atoms with E-state index in [9.17, 15) is 24.9 Å². The molecule has 0 heterocycles. The predicted molar refractivity (Wildman–Crippen MR) is 178 cm³/mol. The molecular formula is C36H49N3O7. The van der Waals surface area contributed by atoms with Crippen molar-refractivity contribution in [3.05, 3.63) is 95.1 Å². The molecule has 0 bridgehead atoms. The number of nitrogens with zero attached hydrogens (tertiary/aromatic N) is 1. The normalized spacial score (nSPS) is 11.6. The van der Waals surface area contributed by atoms with Crippen LogP contribution < -0.4 is 10.6 Å². The molecule has 0 radical (unpaired) electrons. The first-order valence-electron chi connectivity index (χ1n) is 16.1. The van der Waals surface area contributed by atoms with Gasteiger partial charge in [-0.15, -0.1) is 0 Å². The molecule has 0 saturated carbocycles. The Balaban J connectivity index is 1.21. The number of para-hydroxylation sites is 1. The first-order chi connectivity index (χ1) is 22.4. The number of hydroxylamine groups is 2. The highest BCUT2D eigenvalue weighted by Gasteiger charge is 2.17. The molecule has 0 fully saturated rings. The molecular weight excluding hydrogens is 586 g/mol. The summed E-state index contributed by atoms with van der Waals surface area (Å²) in [6.45, 7) is 3.99. The third-order valence-corrected chi connectivity index (χ3v) is 7.48. The van der Waals surface area contributed by atoms with Crippen molar-refractivity contribution in [1.29, 1.82) is 0 Å². The number of anilines is 1. The Bertz CT molecular complexity index is 1320. The first kappa shape index (κ1) is 36.5. The topological polar surface area (TPSA) is 141 Å². The Morgan fingerprint density at radius 1 is 0.848 bits per heavy atom. The second-order valence-electron chi connectivity index (χ2n) is 11.3. The molecule has 1 atom stereocenters. The number of hydrogen-bond donors (Lipinski definition) is 5. The summed E-state index contributed by atoms with van der Waals surface area (Å²) >= 11 is 0. The molecule has 0 aliphatic heterocycles. The highest BCUT2D eigenvalue weighted by molar-refractivity contribution is 5.89. The van der Waals surface area contributed by atoms with Crippen LogP contribution >= 0.6 is 0 Å². The number of benzene rings is 3. The molecule has 10 nitrogen and oxygen atoms in total. The molecule has 46 heavy (non-hydrogen) atoms. The number of unbranched alkanes of at least 4 members (excludes halogenated alkanes) is 4. The van der Waals surface area contributed by atoms with Crippen LogP contribution in [0.15, 0.2) is 72.8 Å². The van der Waals surface area contributed by atoms with Gasteiger partial charge in [0.15, 0.2) is 0 Å². The number of aromatic hydroxyl groups is 1. The highest BCUT2D eigenvalue weighted by atomic mass is 16.7. The van der Waals surface area contributed by atoms with Crippen LogP contribution in [0, 0.1) is 0 Å². The smallest absolute Gasteiger partial charge is 0.355 e. The zero-order valence-corrected chi connectivity index (χ0v) is 26.8. The third-order valence-electron chi connectivity index (χ3n) is 7.48. The molecule has 0 saturated heterocycles. The number of nitrogens with one attached hydrogen (secondary N) is 2. The van der Waals surface area contributed by atoms with Gasteiger partial charge in [-0.05, 0) is 86.0 Å². The fraction of sp³-hybridized carbons (Fsp3) is 0.444. The van der Waals surface area contributed by atoms with Gasteiger partial charge in [0.1, 0.15) is 5.75 Å². The molecule has 3 aromatic carbocycles. The number of aryl methyl sites for hydroxylation is 1. The summed E-state index contributed by atoms with van der Waals surface area (Å²) < 4.78 is 5.82. The highest BCUT2D eigenvalue weighted by Crippen LogP contribution is 2.22. The summed E-state index contributed by atoms with van der Waals surface area (Å²) in [6.07, 6.45) is 7.04. The predicted octanol–water partition coefficient (Wildman–Crippen LogP) is 5.66. The Labute approximate surface area is 272 Å². The van der Waals surface area contributed by atoms with Crippen LogP contribution in [-0.4, -0.2) is 65.2 Å². The summed E-state index contributed by atoms with van der Waals surface area (Å²) in [5, 5.41) is 36.3. The number of phenols is 1. The van der Waals surface area contributed by atoms with Gasteiger partial charge in [-0.1, -0.05) is 61.4 Å². The monoisotopic (exact) mass is 635 g/mol. The van der Waals surface area contributed by atoms with E-state index in [1.807, 2.05) is 30.3 Å². The molecule has 0 aliphatic rings. The lowest BCUT2D eigenvalue weighted by Gasteiger charge is -2.21. The number of hydrogen-bond acceptors (Lipinski definition) is 8. The fourth-order valence-electron chi connectivity index (χ4n) is 4.96. The van der Waals surface area contributed by atoms with Crippen molar-refractivity contribution in [2.75, 3.05) is 38.2 Å². The zero-order chi connectivity index (χ0) is 33.0. The summed E-state index contributed by atoms with van der Waals surface area (Å²) in [4.78, 5) is 29.4. The van der Waals surface area contributed by atoms with Gasteiger partial charge in [0, 0.05) is 37.9 Å². The summed E-state index contributed by atoms with van der Waals surface area (Å²) in [6, 6.07) is 21.6. The van der Waals surface area contributed by atoms with Crippen molar-refractivity contribution >= 4 is 17.7 Å². The number of urea groups is 1. The van der Waals surface area contributed by atoms with E-state index < -0.39 is 18.1 Å². The molecule has 10 heteroatoms. The second kappa shape index (κ2) is 21.0. The largest absolute Gasteiger partial charge is 0.508 e. The molecule has 0 spiro atoms. The van der Waals surface area contributed by atoms with Crippen LogP contribution in [0.25, 0.3) is 0 Å². The van der Waals surface area contributed by atoms with Gasteiger partial charge in [-0.3, -0.25) is 4.79 Å². The third kappa shape index (κ3) is 14.0. The number of carbonyl (C=O) groups excluding carboxylic acids is 2. The van der Waals surface area contributed by atoms with E-state index in [2.05, 4.69) is 22.8 Å². The fourth-order valence-corrected chi connectivity index (χ4v) is 4.96. The number of ether oxygens (including phenoxy) is 1. The minimum Gasteiger partial charge on any atom is -0.508 e. The van der Waals surface area contributed by atoms with Crippen LogP contribution in [0.1, 0.15) is 73.8 Å². The minimum absolute atomic E-state index is 0.0323. The lowest BCUT2D eigenvalue weighted by Crippen LogP contribution is -2.37. The van der Waals surface area contributed by atoms with E-state index in [4.69, 9.17) is 9.57 Å². The quantitative estimate of drug-likeness (QED) is 0.0791. The number of rotatable bonds is 20. The number of aliphatic hydroxyl groups is 2. The van der Waals surface area contributed by atoms with Crippen molar-refractivity contribution < 1.29 is 34.5 Å². The van der Waals surface area contributed by atoms with Crippen LogP contribution in [0.5, 0.6) is 5.75 Å². The SMILES string of the molecule is CC(=O)ON(CCc1cccc(CCCCOCCCCCCNC[C@H](O)c2ccc(O)c(CO)c2)c1)C(=O)Nc1ccccc1. The molecule has 0 aliphatic carbocycles. The number of aliphatic hydroxyl groups excluding tert-OH is 2. The zero-order valence-electron chi connectivity index (χ0n) is 26.8. The maximum absolute atomic E-state index is 12.7. The van der Waals surface area contributed by atoms with Crippen molar-refractivity contribution in [3.63, 3.8) is 0 Å². The van der Waals surface area contributed by atoms with Crippen molar-refractivity contribution in [2.24, 2.45) is 0 Å². The standard InChI is InChI=1S/C36H49N3O7/c1-28(41)46-39(36(44)38-33-15-5-4-6-16-33)21-19-30-14-11-13-29(24-30)12-7-10-23-45-22-9-3-2-8-20-37-26-35(43)31-17-18-34(42)32(25-31)27-40/h4-6,11,13-18,24-25,35,37,40,42-43H,2-3,7-10,12,19-23,26-27H2,1H3,(H,38,44)/t35-/m0/s1. The van der Waals surface area contributed by atoms with E-state index in [-0.39, 0.29) is 18.9 Å². The van der Waals surface area contributed by atoms with Gasteiger partial charge in [-0.25, -0.2) is 4.79 Å². The van der Waals surface area contributed by atoms with Gasteiger partial charge >= 0.3 is 12.0 Å². The maximum atomic E-state index is 12.7. The Morgan fingerprint density at radius 3 is 2.30 bits per heavy atom. The second-order valence-corrected chi connectivity index (χ2v) is 11.3. The Morgan fingerprint density at radius 2 is 1.57 bits per heavy atom. The average Bonchev–Trinajstić information content (AvgIpc) is 3.05. The molecule has 250 valence electrons. The molecule has 0 unspecified atom stereocenters.